The number of rotatable bonds is 6. The molecule has 19 heavy (non-hydrogen) atoms. The summed E-state index contributed by atoms with van der Waals surface area (Å²) in [5.74, 6) is -0.251. The number of aliphatic carboxylic acids is 1. The highest BCUT2D eigenvalue weighted by Crippen LogP contribution is 2.26. The first-order valence-corrected chi connectivity index (χ1v) is 7.28. The van der Waals surface area contributed by atoms with E-state index in [1.54, 1.807) is 0 Å². The predicted octanol–water partition coefficient (Wildman–Crippen LogP) is 2.51. The number of carbonyl (C=O) groups excluding carboxylic acids is 1. The Kier molecular flexibility index (Phi) is 6.67. The number of carboxylic acids is 1. The Hall–Kier alpha value is -1.26. The summed E-state index contributed by atoms with van der Waals surface area (Å²) in [4.78, 5) is 22.2. The van der Waals surface area contributed by atoms with E-state index < -0.39 is 5.97 Å². The summed E-state index contributed by atoms with van der Waals surface area (Å²) in [7, 11) is 0. The molecule has 0 radical (unpaired) electrons. The molecule has 0 aromatic rings. The van der Waals surface area contributed by atoms with E-state index in [1.807, 2.05) is 6.92 Å². The normalized spacial score (nSPS) is 19.5. The number of urea groups is 1. The first-order chi connectivity index (χ1) is 8.99. The fourth-order valence-corrected chi connectivity index (χ4v) is 2.64. The number of hydrogen-bond donors (Lipinski definition) is 3. The number of nitrogens with one attached hydrogen (secondary N) is 2. The standard InChI is InChI=1S/C14H26N2O3/c1-10(8-9-13(17)18)15-14(19)16-11(2)12-6-4-3-5-7-12/h10-12H,3-9H2,1-2H3,(H,17,18)(H2,15,16,19). The molecule has 5 nitrogen and oxygen atoms in total. The van der Waals surface area contributed by atoms with Gasteiger partial charge in [-0.15, -0.1) is 0 Å². The summed E-state index contributed by atoms with van der Waals surface area (Å²) in [5, 5.41) is 14.3. The van der Waals surface area contributed by atoms with Gasteiger partial charge in [-0.3, -0.25) is 4.79 Å². The van der Waals surface area contributed by atoms with Gasteiger partial charge in [0.1, 0.15) is 0 Å². The van der Waals surface area contributed by atoms with Gasteiger partial charge >= 0.3 is 12.0 Å². The van der Waals surface area contributed by atoms with Gasteiger partial charge < -0.3 is 15.7 Å². The Labute approximate surface area is 115 Å². The smallest absolute Gasteiger partial charge is 0.315 e. The lowest BCUT2D eigenvalue weighted by Crippen LogP contribution is -2.47. The molecule has 0 bridgehead atoms. The van der Waals surface area contributed by atoms with Crippen LogP contribution in [0, 0.1) is 5.92 Å². The summed E-state index contributed by atoms with van der Waals surface area (Å²) in [6, 6.07) is -0.113. The zero-order chi connectivity index (χ0) is 14.3. The van der Waals surface area contributed by atoms with Crippen molar-refractivity contribution >= 4 is 12.0 Å². The van der Waals surface area contributed by atoms with Gasteiger partial charge in [0, 0.05) is 18.5 Å². The zero-order valence-electron chi connectivity index (χ0n) is 11.9. The van der Waals surface area contributed by atoms with E-state index in [2.05, 4.69) is 17.6 Å². The molecule has 0 heterocycles. The predicted molar refractivity (Wildman–Crippen MR) is 74.0 cm³/mol. The van der Waals surface area contributed by atoms with Crippen molar-refractivity contribution in [3.63, 3.8) is 0 Å². The number of carbonyl (C=O) groups is 2. The number of hydrogen-bond acceptors (Lipinski definition) is 2. The summed E-state index contributed by atoms with van der Waals surface area (Å²) < 4.78 is 0. The highest BCUT2D eigenvalue weighted by molar-refractivity contribution is 5.74. The van der Waals surface area contributed by atoms with Crippen molar-refractivity contribution in [2.45, 2.75) is 70.9 Å². The van der Waals surface area contributed by atoms with Crippen LogP contribution >= 0.6 is 0 Å². The third-order valence-electron chi connectivity index (χ3n) is 3.88. The summed E-state index contributed by atoms with van der Waals surface area (Å²) in [6.45, 7) is 3.88. The largest absolute Gasteiger partial charge is 0.481 e. The second-order valence-corrected chi connectivity index (χ2v) is 5.64. The molecule has 0 spiro atoms. The minimum absolute atomic E-state index is 0.0830. The molecule has 2 unspecified atom stereocenters. The van der Waals surface area contributed by atoms with Crippen LogP contribution in [-0.2, 0) is 4.79 Å². The van der Waals surface area contributed by atoms with Crippen LogP contribution < -0.4 is 10.6 Å². The molecule has 1 fully saturated rings. The Bertz CT molecular complexity index is 301. The van der Waals surface area contributed by atoms with Crippen molar-refractivity contribution in [2.24, 2.45) is 5.92 Å². The molecule has 1 rings (SSSR count). The topological polar surface area (TPSA) is 78.4 Å². The van der Waals surface area contributed by atoms with E-state index >= 15 is 0 Å². The fourth-order valence-electron chi connectivity index (χ4n) is 2.64. The van der Waals surface area contributed by atoms with E-state index in [9.17, 15) is 9.59 Å². The SMILES string of the molecule is CC(CCC(=O)O)NC(=O)NC(C)C1CCCCC1. The van der Waals surface area contributed by atoms with Gasteiger partial charge in [-0.25, -0.2) is 4.79 Å². The molecule has 2 atom stereocenters. The molecule has 1 aliphatic rings. The van der Waals surface area contributed by atoms with Crippen molar-refractivity contribution < 1.29 is 14.7 Å². The zero-order valence-corrected chi connectivity index (χ0v) is 11.9. The van der Waals surface area contributed by atoms with Crippen LogP contribution in [-0.4, -0.2) is 29.2 Å². The maximum absolute atomic E-state index is 11.8. The maximum Gasteiger partial charge on any atom is 0.315 e. The third kappa shape index (κ3) is 6.45. The van der Waals surface area contributed by atoms with Gasteiger partial charge in [-0.1, -0.05) is 19.3 Å². The molecule has 1 saturated carbocycles. The van der Waals surface area contributed by atoms with E-state index in [4.69, 9.17) is 5.11 Å². The molecule has 0 aromatic carbocycles. The highest BCUT2D eigenvalue weighted by Gasteiger charge is 2.21. The molecular formula is C14H26N2O3. The molecule has 5 heteroatoms. The minimum Gasteiger partial charge on any atom is -0.481 e. The van der Waals surface area contributed by atoms with E-state index in [1.165, 1.54) is 32.1 Å². The van der Waals surface area contributed by atoms with Gasteiger partial charge in [0.05, 0.1) is 0 Å². The average molecular weight is 270 g/mol. The maximum atomic E-state index is 11.8. The molecule has 2 amide bonds. The number of amides is 2. The van der Waals surface area contributed by atoms with Crippen LogP contribution in [0.5, 0.6) is 0 Å². The number of carboxylic acid groups (broad SMARTS) is 1. The van der Waals surface area contributed by atoms with Gasteiger partial charge in [0.25, 0.3) is 0 Å². The van der Waals surface area contributed by atoms with Crippen molar-refractivity contribution in [3.8, 4) is 0 Å². The molecule has 0 aliphatic heterocycles. The quantitative estimate of drug-likeness (QED) is 0.694. The van der Waals surface area contributed by atoms with Gasteiger partial charge in [-0.05, 0) is 39.0 Å². The summed E-state index contributed by atoms with van der Waals surface area (Å²) >= 11 is 0. The van der Waals surface area contributed by atoms with E-state index in [0.717, 1.165) is 0 Å². The Morgan fingerprint density at radius 1 is 1.16 bits per heavy atom. The monoisotopic (exact) mass is 270 g/mol. The minimum atomic E-state index is -0.829. The second kappa shape index (κ2) is 8.02. The van der Waals surface area contributed by atoms with Crippen LogP contribution in [0.3, 0.4) is 0 Å². The molecule has 1 aliphatic carbocycles. The first kappa shape index (κ1) is 15.8. The van der Waals surface area contributed by atoms with Crippen LogP contribution in [0.2, 0.25) is 0 Å². The van der Waals surface area contributed by atoms with Crippen LogP contribution in [0.4, 0.5) is 4.79 Å². The first-order valence-electron chi connectivity index (χ1n) is 7.28. The Balaban J connectivity index is 2.23. The molecule has 0 saturated heterocycles. The Morgan fingerprint density at radius 3 is 2.37 bits per heavy atom. The fraction of sp³-hybridized carbons (Fsp3) is 0.857. The molecule has 3 N–H and O–H groups in total. The van der Waals surface area contributed by atoms with Gasteiger partial charge in [0.15, 0.2) is 0 Å². The lowest BCUT2D eigenvalue weighted by atomic mass is 9.85. The van der Waals surface area contributed by atoms with Crippen molar-refractivity contribution in [3.05, 3.63) is 0 Å². The van der Waals surface area contributed by atoms with Crippen molar-refractivity contribution in [1.82, 2.24) is 10.6 Å². The third-order valence-corrected chi connectivity index (χ3v) is 3.88. The van der Waals surface area contributed by atoms with E-state index in [-0.39, 0.29) is 24.5 Å². The average Bonchev–Trinajstić information content (AvgIpc) is 2.37. The van der Waals surface area contributed by atoms with Crippen LogP contribution in [0.25, 0.3) is 0 Å². The Morgan fingerprint density at radius 2 is 1.79 bits per heavy atom. The molecule has 110 valence electrons. The lowest BCUT2D eigenvalue weighted by Gasteiger charge is -2.28. The van der Waals surface area contributed by atoms with Crippen molar-refractivity contribution in [1.29, 1.82) is 0 Å². The van der Waals surface area contributed by atoms with Crippen LogP contribution in [0.15, 0.2) is 0 Å². The molecule has 0 aromatic heterocycles. The summed E-state index contributed by atoms with van der Waals surface area (Å²) in [5.41, 5.74) is 0. The summed E-state index contributed by atoms with van der Waals surface area (Å²) in [6.07, 6.45) is 6.74. The van der Waals surface area contributed by atoms with Gasteiger partial charge in [-0.2, -0.15) is 0 Å². The van der Waals surface area contributed by atoms with Crippen LogP contribution in [0.1, 0.15) is 58.8 Å². The highest BCUT2D eigenvalue weighted by atomic mass is 16.4. The second-order valence-electron chi connectivity index (χ2n) is 5.64. The molecular weight excluding hydrogens is 244 g/mol. The lowest BCUT2D eigenvalue weighted by molar-refractivity contribution is -0.137. The van der Waals surface area contributed by atoms with Crippen molar-refractivity contribution in [2.75, 3.05) is 0 Å². The van der Waals surface area contributed by atoms with Gasteiger partial charge in [0.2, 0.25) is 0 Å². The van der Waals surface area contributed by atoms with E-state index in [0.29, 0.717) is 12.3 Å².